The van der Waals surface area contributed by atoms with Crippen LogP contribution in [-0.2, 0) is 7.05 Å². The average molecular weight is 228 g/mol. The van der Waals surface area contributed by atoms with Gasteiger partial charge in [0.25, 0.3) is 0 Å². The van der Waals surface area contributed by atoms with Gasteiger partial charge in [0.05, 0.1) is 23.2 Å². The molecule has 4 heteroatoms. The monoisotopic (exact) mass is 228 g/mol. The van der Waals surface area contributed by atoms with Crippen LogP contribution in [0.15, 0.2) is 47.6 Å². The fourth-order valence-electron chi connectivity index (χ4n) is 1.44. The van der Waals surface area contributed by atoms with Crippen molar-refractivity contribution in [1.82, 2.24) is 4.57 Å². The number of nitrogens with zero attached hydrogens (tertiary/aromatic N) is 2. The minimum atomic E-state index is -0.928. The minimum absolute atomic E-state index is 0.266. The van der Waals surface area contributed by atoms with Crippen LogP contribution in [-0.4, -0.2) is 21.9 Å². The first-order valence-corrected chi connectivity index (χ1v) is 5.15. The van der Waals surface area contributed by atoms with E-state index in [4.69, 9.17) is 5.11 Å². The van der Waals surface area contributed by atoms with Crippen molar-refractivity contribution in [3.63, 3.8) is 0 Å². The van der Waals surface area contributed by atoms with Crippen LogP contribution in [0, 0.1) is 0 Å². The third-order valence-electron chi connectivity index (χ3n) is 2.44. The summed E-state index contributed by atoms with van der Waals surface area (Å²) in [6.07, 6.45) is 3.69. The molecule has 0 radical (unpaired) electrons. The van der Waals surface area contributed by atoms with Crippen LogP contribution >= 0.6 is 0 Å². The zero-order valence-corrected chi connectivity index (χ0v) is 9.37. The highest BCUT2D eigenvalue weighted by molar-refractivity contribution is 5.88. The molecular weight excluding hydrogens is 216 g/mol. The zero-order chi connectivity index (χ0) is 12.3. The highest BCUT2D eigenvalue weighted by Crippen LogP contribution is 2.13. The summed E-state index contributed by atoms with van der Waals surface area (Å²) in [5.41, 5.74) is 1.99. The smallest absolute Gasteiger partial charge is 0.335 e. The molecule has 86 valence electrons. The molecule has 0 aliphatic heterocycles. The lowest BCUT2D eigenvalue weighted by Crippen LogP contribution is -1.94. The number of carboxylic acid groups (broad SMARTS) is 1. The van der Waals surface area contributed by atoms with Crippen molar-refractivity contribution in [1.29, 1.82) is 0 Å². The summed E-state index contributed by atoms with van der Waals surface area (Å²) in [4.78, 5) is 14.9. The Morgan fingerprint density at radius 1 is 1.29 bits per heavy atom. The van der Waals surface area contributed by atoms with Crippen LogP contribution in [0.25, 0.3) is 0 Å². The fraction of sp³-hybridized carbons (Fsp3) is 0.0769. The number of hydrogen-bond donors (Lipinski definition) is 1. The largest absolute Gasteiger partial charge is 0.478 e. The molecule has 0 aliphatic rings. The highest BCUT2D eigenvalue weighted by Gasteiger charge is 2.00. The standard InChI is InChI=1S/C13H12N2O2/c1-15-8-2-3-12(15)9-14-11-6-4-10(5-7-11)13(16)17/h2-9H,1H3,(H,16,17). The number of hydrogen-bond acceptors (Lipinski definition) is 2. The van der Waals surface area contributed by atoms with Gasteiger partial charge in [0.15, 0.2) is 0 Å². The Labute approximate surface area is 98.9 Å². The fourth-order valence-corrected chi connectivity index (χ4v) is 1.44. The van der Waals surface area contributed by atoms with Crippen LogP contribution in [0.1, 0.15) is 16.1 Å². The quantitative estimate of drug-likeness (QED) is 0.820. The van der Waals surface area contributed by atoms with Crippen molar-refractivity contribution >= 4 is 17.9 Å². The van der Waals surface area contributed by atoms with E-state index in [1.165, 1.54) is 0 Å². The number of carbonyl (C=O) groups is 1. The summed E-state index contributed by atoms with van der Waals surface area (Å²) in [5, 5.41) is 8.75. The van der Waals surface area contributed by atoms with Gasteiger partial charge in [0.2, 0.25) is 0 Å². The molecule has 1 heterocycles. The van der Waals surface area contributed by atoms with E-state index in [2.05, 4.69) is 4.99 Å². The predicted molar refractivity (Wildman–Crippen MR) is 66.1 cm³/mol. The number of rotatable bonds is 3. The molecule has 2 rings (SSSR count). The number of benzene rings is 1. The number of aliphatic imine (C=N–C) groups is 1. The zero-order valence-electron chi connectivity index (χ0n) is 9.37. The van der Waals surface area contributed by atoms with Crippen molar-refractivity contribution in [2.24, 2.45) is 12.0 Å². The van der Waals surface area contributed by atoms with Crippen LogP contribution in [0.2, 0.25) is 0 Å². The normalized spacial score (nSPS) is 10.9. The minimum Gasteiger partial charge on any atom is -0.478 e. The highest BCUT2D eigenvalue weighted by atomic mass is 16.4. The molecule has 1 N–H and O–H groups in total. The molecular formula is C13H12N2O2. The average Bonchev–Trinajstić information content (AvgIpc) is 2.73. The molecule has 2 aromatic rings. The third-order valence-corrected chi connectivity index (χ3v) is 2.44. The van der Waals surface area contributed by atoms with Crippen molar-refractivity contribution in [3.05, 3.63) is 53.9 Å². The molecule has 0 fully saturated rings. The number of aryl methyl sites for hydroxylation is 1. The van der Waals surface area contributed by atoms with E-state index in [1.54, 1.807) is 30.5 Å². The number of aromatic nitrogens is 1. The Hall–Kier alpha value is -2.36. The second kappa shape index (κ2) is 4.65. The second-order valence-corrected chi connectivity index (χ2v) is 3.65. The van der Waals surface area contributed by atoms with E-state index in [0.717, 1.165) is 11.4 Å². The Kier molecular flexibility index (Phi) is 3.05. The molecule has 0 unspecified atom stereocenters. The summed E-state index contributed by atoms with van der Waals surface area (Å²) in [6.45, 7) is 0. The van der Waals surface area contributed by atoms with Crippen LogP contribution in [0.4, 0.5) is 5.69 Å². The lowest BCUT2D eigenvalue weighted by atomic mass is 10.2. The van der Waals surface area contributed by atoms with Gasteiger partial charge in [0.1, 0.15) is 0 Å². The molecule has 0 amide bonds. The van der Waals surface area contributed by atoms with E-state index in [0.29, 0.717) is 0 Å². The predicted octanol–water partition coefficient (Wildman–Crippen LogP) is 2.47. The van der Waals surface area contributed by atoms with Gasteiger partial charge in [-0.1, -0.05) is 0 Å². The molecule has 1 aromatic heterocycles. The maximum absolute atomic E-state index is 10.7. The van der Waals surface area contributed by atoms with Crippen LogP contribution in [0.5, 0.6) is 0 Å². The van der Waals surface area contributed by atoms with Gasteiger partial charge in [-0.25, -0.2) is 4.79 Å². The Morgan fingerprint density at radius 2 is 2.00 bits per heavy atom. The van der Waals surface area contributed by atoms with Gasteiger partial charge in [0, 0.05) is 13.2 Å². The van der Waals surface area contributed by atoms with Crippen LogP contribution in [0.3, 0.4) is 0 Å². The molecule has 0 bridgehead atoms. The van der Waals surface area contributed by atoms with Gasteiger partial charge < -0.3 is 9.67 Å². The first-order valence-electron chi connectivity index (χ1n) is 5.15. The van der Waals surface area contributed by atoms with Crippen LogP contribution < -0.4 is 0 Å². The van der Waals surface area contributed by atoms with E-state index in [-0.39, 0.29) is 5.56 Å². The van der Waals surface area contributed by atoms with Crippen molar-refractivity contribution in [3.8, 4) is 0 Å². The summed E-state index contributed by atoms with van der Waals surface area (Å²) < 4.78 is 1.95. The maximum Gasteiger partial charge on any atom is 0.335 e. The third kappa shape index (κ3) is 2.60. The molecule has 0 atom stereocenters. The summed E-state index contributed by atoms with van der Waals surface area (Å²) in [5.74, 6) is -0.928. The topological polar surface area (TPSA) is 54.6 Å². The summed E-state index contributed by atoms with van der Waals surface area (Å²) in [6, 6.07) is 10.3. The van der Waals surface area contributed by atoms with E-state index >= 15 is 0 Å². The molecule has 1 aromatic carbocycles. The maximum atomic E-state index is 10.7. The number of carboxylic acids is 1. The lowest BCUT2D eigenvalue weighted by molar-refractivity contribution is 0.0697. The number of aromatic carboxylic acids is 1. The Balaban J connectivity index is 2.17. The second-order valence-electron chi connectivity index (χ2n) is 3.65. The lowest BCUT2D eigenvalue weighted by Gasteiger charge is -1.97. The Bertz CT molecular complexity index is 553. The molecule has 17 heavy (non-hydrogen) atoms. The molecule has 0 spiro atoms. The van der Waals surface area contributed by atoms with Crippen molar-refractivity contribution in [2.75, 3.05) is 0 Å². The van der Waals surface area contributed by atoms with E-state index in [1.807, 2.05) is 29.9 Å². The molecule has 0 aliphatic carbocycles. The van der Waals surface area contributed by atoms with E-state index < -0.39 is 5.97 Å². The van der Waals surface area contributed by atoms with Crippen molar-refractivity contribution in [2.45, 2.75) is 0 Å². The molecule has 4 nitrogen and oxygen atoms in total. The van der Waals surface area contributed by atoms with E-state index in [9.17, 15) is 4.79 Å². The van der Waals surface area contributed by atoms with Gasteiger partial charge in [-0.2, -0.15) is 0 Å². The SMILES string of the molecule is Cn1cccc1C=Nc1ccc(C(=O)O)cc1. The van der Waals surface area contributed by atoms with Gasteiger partial charge in [-0.15, -0.1) is 0 Å². The van der Waals surface area contributed by atoms with Crippen molar-refractivity contribution < 1.29 is 9.90 Å². The van der Waals surface area contributed by atoms with Gasteiger partial charge in [-0.05, 0) is 36.4 Å². The molecule has 0 saturated heterocycles. The Morgan fingerprint density at radius 3 is 2.53 bits per heavy atom. The van der Waals surface area contributed by atoms with Gasteiger partial charge in [-0.3, -0.25) is 4.99 Å². The first-order chi connectivity index (χ1) is 8.16. The molecule has 0 saturated carbocycles. The first kappa shape index (κ1) is 11.1. The summed E-state index contributed by atoms with van der Waals surface area (Å²) in [7, 11) is 1.94. The summed E-state index contributed by atoms with van der Waals surface area (Å²) >= 11 is 0. The van der Waals surface area contributed by atoms with Gasteiger partial charge >= 0.3 is 5.97 Å².